The Labute approximate surface area is 109 Å². The highest BCUT2D eigenvalue weighted by molar-refractivity contribution is 6.03. The highest BCUT2D eigenvalue weighted by Gasteiger charge is 2.28. The normalized spacial score (nSPS) is 9.84. The van der Waals surface area contributed by atoms with E-state index in [2.05, 4.69) is 0 Å². The van der Waals surface area contributed by atoms with Gasteiger partial charge < -0.3 is 24.4 Å². The van der Waals surface area contributed by atoms with Crippen molar-refractivity contribution in [3.8, 4) is 17.2 Å². The van der Waals surface area contributed by atoms with Crippen LogP contribution >= 0.6 is 0 Å². The maximum atomic E-state index is 11.3. The lowest BCUT2D eigenvalue weighted by molar-refractivity contribution is 0.0685. The maximum Gasteiger partial charge on any atom is 0.343 e. The predicted octanol–water partition coefficient (Wildman–Crippen LogP) is 1.50. The number of aromatic carboxylic acids is 2. The molecule has 104 valence electrons. The first-order chi connectivity index (χ1) is 8.97. The van der Waals surface area contributed by atoms with E-state index in [1.54, 1.807) is 6.92 Å². The molecule has 0 bridgehead atoms. The van der Waals surface area contributed by atoms with Gasteiger partial charge in [0.1, 0.15) is 22.6 Å². The molecule has 1 aromatic carbocycles. The largest absolute Gasteiger partial charge is 0.496 e. The molecule has 0 spiro atoms. The summed E-state index contributed by atoms with van der Waals surface area (Å²) >= 11 is 0. The summed E-state index contributed by atoms with van der Waals surface area (Å²) in [6.45, 7) is 1.90. The monoisotopic (exact) mass is 270 g/mol. The van der Waals surface area contributed by atoms with Gasteiger partial charge in [0, 0.05) is 6.07 Å². The summed E-state index contributed by atoms with van der Waals surface area (Å²) in [7, 11) is 2.46. The fourth-order valence-electron chi connectivity index (χ4n) is 1.65. The Morgan fingerprint density at radius 2 is 1.58 bits per heavy atom. The van der Waals surface area contributed by atoms with Crippen molar-refractivity contribution < 1.29 is 34.0 Å². The number of carbonyl (C=O) groups is 2. The molecule has 0 heterocycles. The minimum Gasteiger partial charge on any atom is -0.496 e. The third-order valence-corrected chi connectivity index (χ3v) is 2.36. The number of methoxy groups -OCH3 is 2. The van der Waals surface area contributed by atoms with Gasteiger partial charge in [0.25, 0.3) is 0 Å². The Morgan fingerprint density at radius 1 is 1.05 bits per heavy atom. The van der Waals surface area contributed by atoms with Crippen LogP contribution in [-0.4, -0.2) is 43.0 Å². The fourth-order valence-corrected chi connectivity index (χ4v) is 1.65. The van der Waals surface area contributed by atoms with Crippen LogP contribution in [-0.2, 0) is 0 Å². The lowest BCUT2D eigenvalue weighted by atomic mass is 10.1. The number of hydrogen-bond acceptors (Lipinski definition) is 5. The Bertz CT molecular complexity index is 507. The Morgan fingerprint density at radius 3 is 1.95 bits per heavy atom. The van der Waals surface area contributed by atoms with Crippen molar-refractivity contribution in [3.63, 3.8) is 0 Å². The predicted molar refractivity (Wildman–Crippen MR) is 64.6 cm³/mol. The van der Waals surface area contributed by atoms with E-state index in [0.29, 0.717) is 0 Å². The van der Waals surface area contributed by atoms with E-state index in [9.17, 15) is 14.7 Å². The first-order valence-electron chi connectivity index (χ1n) is 5.36. The van der Waals surface area contributed by atoms with E-state index >= 15 is 0 Å². The number of hydrogen-bond donors (Lipinski definition) is 2. The summed E-state index contributed by atoms with van der Waals surface area (Å²) in [6, 6.07) is 1.22. The molecule has 2 N–H and O–H groups in total. The number of ether oxygens (including phenoxy) is 3. The molecular formula is C12H14O7. The van der Waals surface area contributed by atoms with E-state index in [-0.39, 0.29) is 35.0 Å². The molecule has 1 aromatic rings. The van der Waals surface area contributed by atoms with Gasteiger partial charge in [0.2, 0.25) is 0 Å². The molecule has 7 heteroatoms. The van der Waals surface area contributed by atoms with E-state index in [1.165, 1.54) is 20.3 Å². The van der Waals surface area contributed by atoms with Crippen LogP contribution < -0.4 is 14.2 Å². The number of carboxylic acid groups (broad SMARTS) is 2. The quantitative estimate of drug-likeness (QED) is 0.807. The number of benzene rings is 1. The summed E-state index contributed by atoms with van der Waals surface area (Å²) < 4.78 is 15.0. The summed E-state index contributed by atoms with van der Waals surface area (Å²) in [5, 5.41) is 18.3. The van der Waals surface area contributed by atoms with Gasteiger partial charge >= 0.3 is 11.9 Å². The standard InChI is InChI=1S/C12H14O7/c1-4-19-7-5-6(17-2)8(11(13)14)10(18-3)9(7)12(15)16/h5H,4H2,1-3H3,(H,13,14)(H,15,16). The van der Waals surface area contributed by atoms with Crippen LogP contribution in [0.1, 0.15) is 27.6 Å². The van der Waals surface area contributed by atoms with Gasteiger partial charge in [-0.25, -0.2) is 9.59 Å². The van der Waals surface area contributed by atoms with Gasteiger partial charge in [-0.15, -0.1) is 0 Å². The summed E-state index contributed by atoms with van der Waals surface area (Å²) in [4.78, 5) is 22.5. The second-order valence-electron chi connectivity index (χ2n) is 3.40. The average molecular weight is 270 g/mol. The topological polar surface area (TPSA) is 102 Å². The van der Waals surface area contributed by atoms with Crippen LogP contribution in [0.15, 0.2) is 6.07 Å². The van der Waals surface area contributed by atoms with Gasteiger partial charge in [0.15, 0.2) is 5.75 Å². The Balaban J connectivity index is 3.70. The van der Waals surface area contributed by atoms with Crippen molar-refractivity contribution in [2.45, 2.75) is 6.92 Å². The highest BCUT2D eigenvalue weighted by atomic mass is 16.5. The van der Waals surface area contributed by atoms with Gasteiger partial charge in [0.05, 0.1) is 20.8 Å². The Hall–Kier alpha value is -2.44. The molecular weight excluding hydrogens is 256 g/mol. The van der Waals surface area contributed by atoms with Crippen molar-refractivity contribution in [1.29, 1.82) is 0 Å². The zero-order valence-corrected chi connectivity index (χ0v) is 10.7. The van der Waals surface area contributed by atoms with Crippen LogP contribution in [0, 0.1) is 0 Å². The van der Waals surface area contributed by atoms with Crippen LogP contribution in [0.2, 0.25) is 0 Å². The molecule has 7 nitrogen and oxygen atoms in total. The Kier molecular flexibility index (Phi) is 4.57. The minimum atomic E-state index is -1.35. The second-order valence-corrected chi connectivity index (χ2v) is 3.40. The lowest BCUT2D eigenvalue weighted by Gasteiger charge is -2.16. The number of carboxylic acids is 2. The summed E-state index contributed by atoms with van der Waals surface area (Å²) in [5.41, 5.74) is -0.701. The first kappa shape index (κ1) is 14.6. The van der Waals surface area contributed by atoms with E-state index < -0.39 is 11.9 Å². The summed E-state index contributed by atoms with van der Waals surface area (Å²) in [5.74, 6) is -3.03. The molecule has 0 atom stereocenters. The lowest BCUT2D eigenvalue weighted by Crippen LogP contribution is -2.12. The van der Waals surface area contributed by atoms with Crippen molar-refractivity contribution in [3.05, 3.63) is 17.2 Å². The fraction of sp³-hybridized carbons (Fsp3) is 0.333. The third-order valence-electron chi connectivity index (χ3n) is 2.36. The van der Waals surface area contributed by atoms with Crippen LogP contribution in [0.4, 0.5) is 0 Å². The molecule has 0 unspecified atom stereocenters. The highest BCUT2D eigenvalue weighted by Crippen LogP contribution is 2.39. The van der Waals surface area contributed by atoms with Crippen molar-refractivity contribution >= 4 is 11.9 Å². The molecule has 0 aliphatic rings. The van der Waals surface area contributed by atoms with Crippen molar-refractivity contribution in [1.82, 2.24) is 0 Å². The molecule has 0 fully saturated rings. The van der Waals surface area contributed by atoms with Crippen molar-refractivity contribution in [2.24, 2.45) is 0 Å². The van der Waals surface area contributed by atoms with E-state index in [4.69, 9.17) is 19.3 Å². The van der Waals surface area contributed by atoms with Gasteiger partial charge in [-0.2, -0.15) is 0 Å². The van der Waals surface area contributed by atoms with E-state index in [0.717, 1.165) is 0 Å². The zero-order chi connectivity index (χ0) is 14.6. The molecule has 0 radical (unpaired) electrons. The SMILES string of the molecule is CCOc1cc(OC)c(C(=O)O)c(OC)c1C(=O)O. The second kappa shape index (κ2) is 5.94. The molecule has 0 aromatic heterocycles. The molecule has 0 saturated heterocycles. The van der Waals surface area contributed by atoms with Crippen molar-refractivity contribution in [2.75, 3.05) is 20.8 Å². The molecule has 0 amide bonds. The minimum absolute atomic E-state index is 0.00583. The van der Waals surface area contributed by atoms with Gasteiger partial charge in [-0.3, -0.25) is 0 Å². The van der Waals surface area contributed by atoms with E-state index in [1.807, 2.05) is 0 Å². The summed E-state index contributed by atoms with van der Waals surface area (Å²) in [6.07, 6.45) is 0. The smallest absolute Gasteiger partial charge is 0.343 e. The van der Waals surface area contributed by atoms with Crippen LogP contribution in [0.3, 0.4) is 0 Å². The molecule has 0 aliphatic heterocycles. The van der Waals surface area contributed by atoms with Crippen LogP contribution in [0.25, 0.3) is 0 Å². The van der Waals surface area contributed by atoms with Gasteiger partial charge in [-0.05, 0) is 6.92 Å². The first-order valence-corrected chi connectivity index (χ1v) is 5.36. The average Bonchev–Trinajstić information content (AvgIpc) is 2.36. The number of rotatable bonds is 6. The molecule has 0 saturated carbocycles. The third kappa shape index (κ3) is 2.70. The van der Waals surface area contributed by atoms with Gasteiger partial charge in [-0.1, -0.05) is 0 Å². The zero-order valence-electron chi connectivity index (χ0n) is 10.7. The molecule has 0 aliphatic carbocycles. The maximum absolute atomic E-state index is 11.3. The van der Waals surface area contributed by atoms with Crippen LogP contribution in [0.5, 0.6) is 17.2 Å². The molecule has 19 heavy (non-hydrogen) atoms. The molecule has 1 rings (SSSR count).